The fourth-order valence-electron chi connectivity index (χ4n) is 4.14. The number of nitrogens with zero attached hydrogens (tertiary/aromatic N) is 1. The zero-order chi connectivity index (χ0) is 22.0. The largest absolute Gasteiger partial charge is 0.451 e. The average Bonchev–Trinajstić information content (AvgIpc) is 3.10. The van der Waals surface area contributed by atoms with Crippen LogP contribution in [-0.2, 0) is 4.74 Å². The molecule has 1 aromatic heterocycles. The molecule has 1 fully saturated rings. The first kappa shape index (κ1) is 22.1. The fourth-order valence-corrected chi connectivity index (χ4v) is 4.48. The quantitative estimate of drug-likeness (QED) is 0.506. The van der Waals surface area contributed by atoms with Gasteiger partial charge in [0.05, 0.1) is 19.3 Å². The van der Waals surface area contributed by atoms with Gasteiger partial charge >= 0.3 is 0 Å². The number of benzene rings is 2. The lowest BCUT2D eigenvalue weighted by atomic mass is 9.98. The summed E-state index contributed by atoms with van der Waals surface area (Å²) in [6.07, 6.45) is 0. The molecule has 0 radical (unpaired) electrons. The van der Waals surface area contributed by atoms with Crippen molar-refractivity contribution in [2.75, 3.05) is 32.8 Å². The Morgan fingerprint density at radius 1 is 1.10 bits per heavy atom. The first-order chi connectivity index (χ1) is 14.9. The van der Waals surface area contributed by atoms with Gasteiger partial charge in [-0.2, -0.15) is 0 Å². The molecule has 31 heavy (non-hydrogen) atoms. The Hall–Kier alpha value is -2.15. The van der Waals surface area contributed by atoms with Crippen molar-refractivity contribution >= 4 is 32.8 Å². The number of furan rings is 1. The summed E-state index contributed by atoms with van der Waals surface area (Å²) in [5.74, 6) is 0.692. The molecule has 2 aromatic carbocycles. The van der Waals surface area contributed by atoms with E-state index in [0.717, 1.165) is 28.5 Å². The van der Waals surface area contributed by atoms with Crippen LogP contribution in [0.5, 0.6) is 0 Å². The van der Waals surface area contributed by atoms with Gasteiger partial charge < -0.3 is 14.5 Å². The molecule has 4 rings (SSSR count). The van der Waals surface area contributed by atoms with Gasteiger partial charge in [-0.1, -0.05) is 54.0 Å². The second kappa shape index (κ2) is 9.55. The molecule has 1 aliphatic rings. The molecular weight excluding hydrogens is 456 g/mol. The van der Waals surface area contributed by atoms with Crippen LogP contribution in [0, 0.1) is 6.92 Å². The van der Waals surface area contributed by atoms with Crippen LogP contribution >= 0.6 is 15.9 Å². The molecule has 6 heteroatoms. The Kier molecular flexibility index (Phi) is 6.80. The number of hydrogen-bond acceptors (Lipinski definition) is 4. The summed E-state index contributed by atoms with van der Waals surface area (Å²) in [4.78, 5) is 15.4. The van der Waals surface area contributed by atoms with Gasteiger partial charge in [0.1, 0.15) is 5.58 Å². The molecule has 1 saturated heterocycles. The summed E-state index contributed by atoms with van der Waals surface area (Å²) in [6.45, 7) is 9.97. The first-order valence-electron chi connectivity index (χ1n) is 10.8. The first-order valence-corrected chi connectivity index (χ1v) is 11.6. The Labute approximate surface area is 191 Å². The van der Waals surface area contributed by atoms with E-state index in [0.29, 0.717) is 37.0 Å². The monoisotopic (exact) mass is 484 g/mol. The van der Waals surface area contributed by atoms with Crippen molar-refractivity contribution in [2.45, 2.75) is 32.7 Å². The summed E-state index contributed by atoms with van der Waals surface area (Å²) in [5, 5.41) is 4.08. The molecule has 0 bridgehead atoms. The highest BCUT2D eigenvalue weighted by Gasteiger charge is 2.25. The number of rotatable bonds is 6. The average molecular weight is 485 g/mol. The molecule has 1 unspecified atom stereocenters. The number of fused-ring (bicyclic) bond motifs is 1. The molecule has 0 spiro atoms. The minimum Gasteiger partial charge on any atom is -0.451 e. The van der Waals surface area contributed by atoms with Gasteiger partial charge in [-0.05, 0) is 42.2 Å². The van der Waals surface area contributed by atoms with E-state index in [9.17, 15) is 4.79 Å². The van der Waals surface area contributed by atoms with Gasteiger partial charge in [-0.3, -0.25) is 9.69 Å². The summed E-state index contributed by atoms with van der Waals surface area (Å²) in [6, 6.07) is 14.7. The van der Waals surface area contributed by atoms with Crippen molar-refractivity contribution in [3.63, 3.8) is 0 Å². The number of morpholine rings is 1. The summed E-state index contributed by atoms with van der Waals surface area (Å²) < 4.78 is 12.4. The number of ether oxygens (including phenoxy) is 1. The molecule has 164 valence electrons. The lowest BCUT2D eigenvalue weighted by Gasteiger charge is -2.35. The van der Waals surface area contributed by atoms with Crippen LogP contribution in [0.3, 0.4) is 0 Å². The fraction of sp³-hybridized carbons (Fsp3) is 0.400. The lowest BCUT2D eigenvalue weighted by Crippen LogP contribution is -2.43. The van der Waals surface area contributed by atoms with Crippen LogP contribution in [0.4, 0.5) is 0 Å². The highest BCUT2D eigenvalue weighted by molar-refractivity contribution is 9.10. The smallest absolute Gasteiger partial charge is 0.287 e. The molecule has 0 saturated carbocycles. The van der Waals surface area contributed by atoms with E-state index < -0.39 is 0 Å². The van der Waals surface area contributed by atoms with E-state index in [1.807, 2.05) is 25.1 Å². The Bertz CT molecular complexity index is 1050. The topological polar surface area (TPSA) is 54.7 Å². The van der Waals surface area contributed by atoms with Crippen molar-refractivity contribution in [1.82, 2.24) is 10.2 Å². The van der Waals surface area contributed by atoms with Gasteiger partial charge in [-0.25, -0.2) is 0 Å². The van der Waals surface area contributed by atoms with Crippen LogP contribution in [-0.4, -0.2) is 43.7 Å². The van der Waals surface area contributed by atoms with Crippen molar-refractivity contribution < 1.29 is 13.9 Å². The molecular formula is C25H29BrN2O3. The zero-order valence-electron chi connectivity index (χ0n) is 18.3. The van der Waals surface area contributed by atoms with E-state index in [1.54, 1.807) is 0 Å². The Morgan fingerprint density at radius 2 is 1.77 bits per heavy atom. The van der Waals surface area contributed by atoms with E-state index in [2.05, 4.69) is 64.3 Å². The van der Waals surface area contributed by atoms with E-state index in [4.69, 9.17) is 9.15 Å². The van der Waals surface area contributed by atoms with Crippen LogP contribution in [0.25, 0.3) is 11.0 Å². The molecule has 2 heterocycles. The van der Waals surface area contributed by atoms with Crippen molar-refractivity contribution in [3.8, 4) is 0 Å². The van der Waals surface area contributed by atoms with E-state index >= 15 is 0 Å². The van der Waals surface area contributed by atoms with Gasteiger partial charge in [0.2, 0.25) is 0 Å². The van der Waals surface area contributed by atoms with Crippen LogP contribution in [0.2, 0.25) is 0 Å². The molecule has 0 aliphatic carbocycles. The maximum Gasteiger partial charge on any atom is 0.287 e. The number of amides is 1. The predicted octanol–water partition coefficient (Wildman–Crippen LogP) is 5.43. The second-order valence-electron chi connectivity index (χ2n) is 8.39. The van der Waals surface area contributed by atoms with Crippen molar-refractivity contribution in [1.29, 1.82) is 0 Å². The summed E-state index contributed by atoms with van der Waals surface area (Å²) in [5.41, 5.74) is 4.10. The third kappa shape index (κ3) is 4.86. The SMILES string of the molecule is Cc1c(C(=O)NCC(c2ccc(C(C)C)cc2)N2CCOCC2)oc2cc(Br)ccc12. The number of nitrogens with one attached hydrogen (secondary N) is 1. The molecule has 3 aromatic rings. The van der Waals surface area contributed by atoms with E-state index in [-0.39, 0.29) is 11.9 Å². The predicted molar refractivity (Wildman–Crippen MR) is 127 cm³/mol. The number of carbonyl (C=O) groups is 1. The second-order valence-corrected chi connectivity index (χ2v) is 9.31. The van der Waals surface area contributed by atoms with Crippen LogP contribution in [0.15, 0.2) is 51.4 Å². The molecule has 5 nitrogen and oxygen atoms in total. The summed E-state index contributed by atoms with van der Waals surface area (Å²) >= 11 is 3.46. The molecule has 1 N–H and O–H groups in total. The highest BCUT2D eigenvalue weighted by atomic mass is 79.9. The summed E-state index contributed by atoms with van der Waals surface area (Å²) in [7, 11) is 0. The van der Waals surface area contributed by atoms with Crippen molar-refractivity contribution in [3.05, 3.63) is 69.4 Å². The van der Waals surface area contributed by atoms with Crippen molar-refractivity contribution in [2.24, 2.45) is 0 Å². The number of carbonyl (C=O) groups excluding carboxylic acids is 1. The molecule has 1 atom stereocenters. The van der Waals surface area contributed by atoms with Crippen LogP contribution < -0.4 is 5.32 Å². The molecule has 1 amide bonds. The maximum atomic E-state index is 13.0. The minimum atomic E-state index is -0.179. The Balaban J connectivity index is 1.54. The van der Waals surface area contributed by atoms with Gasteiger partial charge in [0.25, 0.3) is 5.91 Å². The van der Waals surface area contributed by atoms with Gasteiger partial charge in [-0.15, -0.1) is 0 Å². The van der Waals surface area contributed by atoms with Crippen LogP contribution in [0.1, 0.15) is 53.1 Å². The minimum absolute atomic E-state index is 0.0906. The lowest BCUT2D eigenvalue weighted by molar-refractivity contribution is 0.0161. The number of hydrogen-bond donors (Lipinski definition) is 1. The number of halogens is 1. The normalized spacial score (nSPS) is 16.0. The third-order valence-corrected chi connectivity index (χ3v) is 6.53. The third-order valence-electron chi connectivity index (χ3n) is 6.04. The van der Waals surface area contributed by atoms with Gasteiger partial charge in [0.15, 0.2) is 5.76 Å². The van der Waals surface area contributed by atoms with Gasteiger partial charge in [0, 0.05) is 35.1 Å². The maximum absolute atomic E-state index is 13.0. The highest BCUT2D eigenvalue weighted by Crippen LogP contribution is 2.28. The standard InChI is InChI=1S/C25H29BrN2O3/c1-16(2)18-4-6-19(7-5-18)22(28-10-12-30-13-11-28)15-27-25(29)24-17(3)21-9-8-20(26)14-23(21)31-24/h4-9,14,16,22H,10-13,15H2,1-3H3,(H,27,29). The Morgan fingerprint density at radius 3 is 2.45 bits per heavy atom. The van der Waals surface area contributed by atoms with E-state index in [1.165, 1.54) is 11.1 Å². The number of aryl methyl sites for hydroxylation is 1. The zero-order valence-corrected chi connectivity index (χ0v) is 19.9. The molecule has 1 aliphatic heterocycles.